The number of fused-ring (bicyclic) bond motifs is 7. The van der Waals surface area contributed by atoms with Crippen molar-refractivity contribution in [3.63, 3.8) is 0 Å². The maximum atomic E-state index is 13.4. The zero-order chi connectivity index (χ0) is 39.3. The molecule has 7 rings (SSSR count). The van der Waals surface area contributed by atoms with Crippen LogP contribution < -0.4 is 21.3 Å². The number of aliphatic hydroxyl groups excluding tert-OH is 2. The lowest BCUT2D eigenvalue weighted by atomic mass is 9.55. The molecule has 0 spiro atoms. The van der Waals surface area contributed by atoms with Crippen molar-refractivity contribution in [2.75, 3.05) is 63.1 Å². The Bertz CT molecular complexity index is 1840. The SMILES string of the molecule is CC(=O)OC1CCC2C3CCc4cc(O)ccc4C3CCC12C.Cl.Cl.O=C1c2c(O)ccc(O)c2C(=O)c2c(NCCNCCO)ccc(NCCNCCO)c21. The van der Waals surface area contributed by atoms with Crippen LogP contribution in [0, 0.1) is 17.3 Å². The molecule has 4 aliphatic carbocycles. The van der Waals surface area contributed by atoms with Crippen LogP contribution in [0.25, 0.3) is 0 Å². The number of aliphatic hydroxyl groups is 2. The molecule has 2 saturated carbocycles. The van der Waals surface area contributed by atoms with E-state index in [2.05, 4.69) is 34.3 Å². The zero-order valence-corrected chi connectivity index (χ0v) is 34.1. The highest BCUT2D eigenvalue weighted by Crippen LogP contribution is 2.61. The van der Waals surface area contributed by atoms with Gasteiger partial charge >= 0.3 is 5.97 Å². The van der Waals surface area contributed by atoms with E-state index in [1.165, 1.54) is 49.4 Å². The van der Waals surface area contributed by atoms with Crippen LogP contribution in [0.1, 0.15) is 94.8 Å². The molecular weight excluding hydrogens is 775 g/mol. The summed E-state index contributed by atoms with van der Waals surface area (Å²) in [6, 6.07) is 11.7. The van der Waals surface area contributed by atoms with E-state index in [1.54, 1.807) is 12.1 Å². The number of phenolic OH excluding ortho intramolecular Hbond substituents is 3. The largest absolute Gasteiger partial charge is 0.508 e. The van der Waals surface area contributed by atoms with Gasteiger partial charge in [0.1, 0.15) is 23.4 Å². The maximum Gasteiger partial charge on any atom is 0.302 e. The molecule has 312 valence electrons. The van der Waals surface area contributed by atoms with E-state index in [0.717, 1.165) is 19.3 Å². The van der Waals surface area contributed by atoms with E-state index in [0.29, 0.717) is 74.1 Å². The van der Waals surface area contributed by atoms with Crippen LogP contribution in [-0.2, 0) is 16.0 Å². The number of phenols is 3. The highest BCUT2D eigenvalue weighted by Gasteiger charge is 2.56. The minimum Gasteiger partial charge on any atom is -0.508 e. The third-order valence-corrected chi connectivity index (χ3v) is 12.0. The Morgan fingerprint density at radius 1 is 0.737 bits per heavy atom. The third kappa shape index (κ3) is 9.45. The second-order valence-electron chi connectivity index (χ2n) is 15.2. The van der Waals surface area contributed by atoms with E-state index in [-0.39, 0.29) is 89.3 Å². The summed E-state index contributed by atoms with van der Waals surface area (Å²) < 4.78 is 5.68. The molecule has 3 aromatic rings. The number of ketones is 2. The molecule has 0 saturated heterocycles. The lowest BCUT2D eigenvalue weighted by molar-refractivity contribution is -0.154. The lowest BCUT2D eigenvalue weighted by Gasteiger charge is -2.50. The fraction of sp³-hybridized carbons (Fsp3) is 0.500. The van der Waals surface area contributed by atoms with Crippen molar-refractivity contribution >= 4 is 53.7 Å². The smallest absolute Gasteiger partial charge is 0.302 e. The van der Waals surface area contributed by atoms with Crippen LogP contribution in [0.5, 0.6) is 17.2 Å². The van der Waals surface area contributed by atoms with Crippen molar-refractivity contribution in [1.82, 2.24) is 10.6 Å². The van der Waals surface area contributed by atoms with Gasteiger partial charge in [0.15, 0.2) is 0 Å². The van der Waals surface area contributed by atoms with Crippen LogP contribution in [0.15, 0.2) is 42.5 Å². The van der Waals surface area contributed by atoms with E-state index >= 15 is 0 Å². The van der Waals surface area contributed by atoms with Gasteiger partial charge in [-0.05, 0) is 104 Å². The van der Waals surface area contributed by atoms with Gasteiger partial charge in [0.2, 0.25) is 11.6 Å². The second kappa shape index (κ2) is 20.0. The standard InChI is InChI=1S/C22H28N4O6.C20H26O3.2ClH/c27-11-9-23-5-7-25-13-1-2-14(26-8-6-24-10-12-28)18-17(13)21(31)19-15(29)3-4-16(30)20(19)22(18)32;1-12(21)23-19-8-7-18-17-5-3-13-11-14(22)4-6-15(13)16(17)9-10-20(18,19)2;;/h1-4,23-30H,5-12H2;4,6,11,16-19,22H,3,5,7-10H2,1-2H3;2*1H. The number of aryl methyl sites for hydroxylation is 1. The number of rotatable bonds is 13. The Hall–Kier alpha value is -4.11. The number of esters is 1. The van der Waals surface area contributed by atoms with E-state index < -0.39 is 11.6 Å². The van der Waals surface area contributed by atoms with Gasteiger partial charge in [-0.2, -0.15) is 0 Å². The Kier molecular flexibility index (Phi) is 16.0. The number of halogens is 2. The van der Waals surface area contributed by atoms with Crippen molar-refractivity contribution in [1.29, 1.82) is 0 Å². The van der Waals surface area contributed by atoms with Gasteiger partial charge in [-0.1, -0.05) is 13.0 Å². The van der Waals surface area contributed by atoms with Gasteiger partial charge in [0, 0.05) is 63.0 Å². The minimum atomic E-state index is -0.559. The first-order chi connectivity index (χ1) is 26.5. The number of hydrogen-bond acceptors (Lipinski definition) is 13. The Morgan fingerprint density at radius 2 is 1.30 bits per heavy atom. The molecule has 57 heavy (non-hydrogen) atoms. The molecule has 2 fully saturated rings. The average Bonchev–Trinajstić information content (AvgIpc) is 3.49. The lowest BCUT2D eigenvalue weighted by Crippen LogP contribution is -2.45. The van der Waals surface area contributed by atoms with Crippen molar-refractivity contribution in [2.45, 2.75) is 64.4 Å². The first kappa shape index (κ1) is 45.6. The predicted molar refractivity (Wildman–Crippen MR) is 223 cm³/mol. The molecular formula is C42H56Cl2N4O9. The molecule has 3 aromatic carbocycles. The third-order valence-electron chi connectivity index (χ3n) is 12.0. The zero-order valence-electron chi connectivity index (χ0n) is 32.4. The predicted octanol–water partition coefficient (Wildman–Crippen LogP) is 4.88. The summed E-state index contributed by atoms with van der Waals surface area (Å²) in [7, 11) is 0. The van der Waals surface area contributed by atoms with E-state index in [1.807, 2.05) is 12.1 Å². The fourth-order valence-corrected chi connectivity index (χ4v) is 9.55. The van der Waals surface area contributed by atoms with Crippen molar-refractivity contribution < 1.29 is 44.7 Å². The molecule has 13 nitrogen and oxygen atoms in total. The van der Waals surface area contributed by atoms with E-state index in [4.69, 9.17) is 14.9 Å². The number of carbonyl (C=O) groups excluding carboxylic acids is 3. The Balaban J connectivity index is 0.000000255. The highest BCUT2D eigenvalue weighted by molar-refractivity contribution is 6.33. The van der Waals surface area contributed by atoms with Crippen molar-refractivity contribution in [3.05, 3.63) is 75.8 Å². The second-order valence-corrected chi connectivity index (χ2v) is 15.2. The topological polar surface area (TPSA) is 210 Å². The number of ether oxygens (including phenoxy) is 1. The monoisotopic (exact) mass is 830 g/mol. The summed E-state index contributed by atoms with van der Waals surface area (Å²) in [4.78, 5) is 38.2. The number of anilines is 2. The quantitative estimate of drug-likeness (QED) is 0.0501. The first-order valence-corrected chi connectivity index (χ1v) is 19.4. The molecule has 0 aromatic heterocycles. The van der Waals surface area contributed by atoms with Gasteiger partial charge in [-0.3, -0.25) is 14.4 Å². The number of benzene rings is 3. The number of aromatic hydroxyl groups is 3. The summed E-state index contributed by atoms with van der Waals surface area (Å²) in [6.45, 7) is 6.69. The highest BCUT2D eigenvalue weighted by atomic mass is 35.5. The normalized spacial score (nSPS) is 22.5. The van der Waals surface area contributed by atoms with Gasteiger partial charge in [0.25, 0.3) is 0 Å². The van der Waals surface area contributed by atoms with Crippen LogP contribution in [0.2, 0.25) is 0 Å². The van der Waals surface area contributed by atoms with Crippen molar-refractivity contribution in [3.8, 4) is 17.2 Å². The molecule has 0 radical (unpaired) electrons. The molecule has 0 heterocycles. The Morgan fingerprint density at radius 3 is 1.82 bits per heavy atom. The summed E-state index contributed by atoms with van der Waals surface area (Å²) in [5.41, 5.74) is 3.62. The molecule has 5 atom stereocenters. The maximum absolute atomic E-state index is 13.4. The van der Waals surface area contributed by atoms with Crippen molar-refractivity contribution in [2.24, 2.45) is 17.3 Å². The molecule has 4 aliphatic rings. The summed E-state index contributed by atoms with van der Waals surface area (Å²) in [5.74, 6) is 0.370. The number of nitrogens with one attached hydrogen (secondary N) is 4. The number of hydrogen-bond donors (Lipinski definition) is 9. The van der Waals surface area contributed by atoms with Crippen LogP contribution in [0.3, 0.4) is 0 Å². The molecule has 0 amide bonds. The molecule has 0 bridgehead atoms. The van der Waals surface area contributed by atoms with Gasteiger partial charge in [-0.15, -0.1) is 24.8 Å². The number of carbonyl (C=O) groups is 3. The van der Waals surface area contributed by atoms with Gasteiger partial charge in [-0.25, -0.2) is 0 Å². The Labute approximate surface area is 345 Å². The summed E-state index contributed by atoms with van der Waals surface area (Å²) in [6.07, 6.45) is 6.89. The van der Waals surface area contributed by atoms with Gasteiger partial charge < -0.3 is 51.5 Å². The summed E-state index contributed by atoms with van der Waals surface area (Å²) in [5, 5.41) is 60.3. The van der Waals surface area contributed by atoms with Crippen LogP contribution >= 0.6 is 24.8 Å². The van der Waals surface area contributed by atoms with Gasteiger partial charge in [0.05, 0.1) is 35.5 Å². The average molecular weight is 832 g/mol. The molecule has 5 unspecified atom stereocenters. The minimum absolute atomic E-state index is 0. The van der Waals surface area contributed by atoms with Crippen LogP contribution in [-0.4, -0.2) is 102 Å². The van der Waals surface area contributed by atoms with Crippen LogP contribution in [0.4, 0.5) is 11.4 Å². The fourth-order valence-electron chi connectivity index (χ4n) is 9.55. The summed E-state index contributed by atoms with van der Waals surface area (Å²) >= 11 is 0. The molecule has 9 N–H and O–H groups in total. The molecule has 0 aliphatic heterocycles. The van der Waals surface area contributed by atoms with E-state index in [9.17, 15) is 29.7 Å². The first-order valence-electron chi connectivity index (χ1n) is 19.4. The molecule has 15 heteroatoms.